The van der Waals surface area contributed by atoms with Gasteiger partial charge in [0.1, 0.15) is 66.6 Å². The van der Waals surface area contributed by atoms with Crippen molar-refractivity contribution in [2.45, 2.75) is 208 Å². The zero-order valence-electron chi connectivity index (χ0n) is 37.3. The fourth-order valence-electron chi connectivity index (χ4n) is 14.4. The van der Waals surface area contributed by atoms with Gasteiger partial charge < -0.3 is 84.2 Å². The normalized spacial score (nSPS) is 58.1. The Morgan fingerprint density at radius 2 is 1.40 bits per heavy atom. The number of rotatable bonds is 8. The second-order valence-electron chi connectivity index (χ2n) is 21.7. The lowest BCUT2D eigenvalue weighted by atomic mass is 9.46. The van der Waals surface area contributed by atoms with E-state index >= 15 is 0 Å². The smallest absolute Gasteiger partial charge is 0.187 e. The van der Waals surface area contributed by atoms with E-state index < -0.39 is 122 Å². The van der Waals surface area contributed by atoms with Crippen LogP contribution >= 0.6 is 0 Å². The summed E-state index contributed by atoms with van der Waals surface area (Å²) in [5, 5.41) is 109. The van der Waals surface area contributed by atoms with Crippen molar-refractivity contribution in [1.82, 2.24) is 0 Å². The third-order valence-electron chi connectivity index (χ3n) is 18.4. The average Bonchev–Trinajstić information content (AvgIpc) is 3.62. The third-order valence-corrected chi connectivity index (χ3v) is 18.4. The minimum Gasteiger partial charge on any atom is -0.394 e. The predicted octanol–water partition coefficient (Wildman–Crippen LogP) is -0.00740. The molecule has 8 fully saturated rings. The van der Waals surface area contributed by atoms with Gasteiger partial charge in [0, 0.05) is 17.8 Å². The summed E-state index contributed by atoms with van der Waals surface area (Å²) >= 11 is 0. The van der Waals surface area contributed by atoms with Gasteiger partial charge in [-0.05, 0) is 92.8 Å². The molecule has 9 aliphatic rings. The van der Waals surface area contributed by atoms with E-state index in [0.717, 1.165) is 44.9 Å². The number of aliphatic hydroxyl groups is 10. The molecule has 0 bridgehead atoms. The first kappa shape index (κ1) is 47.1. The van der Waals surface area contributed by atoms with Gasteiger partial charge in [0.05, 0.1) is 44.2 Å². The first-order valence-electron chi connectivity index (χ1n) is 23.8. The summed E-state index contributed by atoms with van der Waals surface area (Å²) in [6, 6.07) is 0. The second-order valence-corrected chi connectivity index (χ2v) is 21.7. The Labute approximate surface area is 369 Å². The van der Waals surface area contributed by atoms with Crippen molar-refractivity contribution in [1.29, 1.82) is 0 Å². The van der Waals surface area contributed by atoms with Crippen LogP contribution in [0.5, 0.6) is 0 Å². The lowest BCUT2D eigenvalue weighted by Gasteiger charge is -2.60. The van der Waals surface area contributed by atoms with Crippen LogP contribution in [0, 0.1) is 46.3 Å². The van der Waals surface area contributed by atoms with Crippen LogP contribution < -0.4 is 0 Å². The topological polar surface area (TPSA) is 267 Å². The lowest BCUT2D eigenvalue weighted by molar-refractivity contribution is -0.375. The van der Waals surface area contributed by atoms with E-state index in [1.807, 2.05) is 0 Å². The summed E-state index contributed by atoms with van der Waals surface area (Å²) in [4.78, 5) is 0. The van der Waals surface area contributed by atoms with E-state index in [-0.39, 0.29) is 35.2 Å². The second kappa shape index (κ2) is 17.2. The highest BCUT2D eigenvalue weighted by atomic mass is 16.8. The van der Waals surface area contributed by atoms with Gasteiger partial charge in [-0.3, -0.25) is 0 Å². The maximum atomic E-state index is 12.8. The predicted molar refractivity (Wildman–Crippen MR) is 219 cm³/mol. The molecule has 17 heteroatoms. The molecule has 26 atom stereocenters. The van der Waals surface area contributed by atoms with E-state index in [1.165, 1.54) is 5.57 Å². The molecule has 17 nitrogen and oxygen atoms in total. The largest absolute Gasteiger partial charge is 0.394 e. The lowest BCUT2D eigenvalue weighted by Crippen LogP contribution is -2.66. The van der Waals surface area contributed by atoms with Crippen LogP contribution in [0.1, 0.15) is 98.8 Å². The summed E-state index contributed by atoms with van der Waals surface area (Å²) in [6.07, 6.45) is -11.7. The van der Waals surface area contributed by atoms with Crippen LogP contribution in [-0.2, 0) is 33.2 Å². The highest BCUT2D eigenvalue weighted by Gasteiger charge is 2.76. The van der Waals surface area contributed by atoms with E-state index in [0.29, 0.717) is 37.2 Å². The molecule has 10 N–H and O–H groups in total. The van der Waals surface area contributed by atoms with Crippen molar-refractivity contribution in [2.24, 2.45) is 46.3 Å². The first-order valence-corrected chi connectivity index (χ1v) is 23.8. The molecule has 4 heterocycles. The summed E-state index contributed by atoms with van der Waals surface area (Å²) < 4.78 is 44.6. The van der Waals surface area contributed by atoms with E-state index in [9.17, 15) is 51.1 Å². The summed E-state index contributed by atoms with van der Waals surface area (Å²) in [7, 11) is 0. The molecule has 0 amide bonds. The van der Waals surface area contributed by atoms with E-state index in [1.54, 1.807) is 6.92 Å². The fourth-order valence-corrected chi connectivity index (χ4v) is 14.4. The van der Waals surface area contributed by atoms with Crippen LogP contribution in [0.4, 0.5) is 0 Å². The Morgan fingerprint density at radius 1 is 0.698 bits per heavy atom. The van der Waals surface area contributed by atoms with Crippen LogP contribution in [0.3, 0.4) is 0 Å². The van der Waals surface area contributed by atoms with E-state index in [4.69, 9.17) is 33.2 Å². The van der Waals surface area contributed by atoms with Crippen molar-refractivity contribution in [3.8, 4) is 0 Å². The van der Waals surface area contributed by atoms with Crippen LogP contribution in [-0.4, -0.2) is 180 Å². The number of fused-ring (bicyclic) bond motifs is 7. The molecular formula is C46H74O17. The van der Waals surface area contributed by atoms with Crippen molar-refractivity contribution >= 4 is 0 Å². The number of allylic oxidation sites excluding steroid dienone is 1. The summed E-state index contributed by atoms with van der Waals surface area (Å²) in [6.45, 7) is 9.96. The van der Waals surface area contributed by atoms with Crippen molar-refractivity contribution in [3.63, 3.8) is 0 Å². The maximum Gasteiger partial charge on any atom is 0.187 e. The Morgan fingerprint density at radius 3 is 2.10 bits per heavy atom. The van der Waals surface area contributed by atoms with Crippen molar-refractivity contribution in [3.05, 3.63) is 11.6 Å². The van der Waals surface area contributed by atoms with Gasteiger partial charge >= 0.3 is 0 Å². The highest BCUT2D eigenvalue weighted by Crippen LogP contribution is 2.72. The summed E-state index contributed by atoms with van der Waals surface area (Å²) in [5.41, 5.74) is -0.138. The molecule has 0 aromatic rings. The first-order chi connectivity index (χ1) is 29.8. The SMILES string of the molecule is C[C@H]1CC[C@]2(OC1)O[C@@H]1CC3[C@H]4CC=C5C[C@H](O[C@H]6O[C@@H](CO)[C@H](O)[C@@H](O[C@H]7O[C@@H](CO)[C@H](O)[C@@H](O)[C@@H]7O)[C@@H]6O[C@@H]6C[C@@H](C)[C@H](O)[C@@H](O)[C@H]6O)CC[C@@]5(C)[C@@H]4CC[C@@]3(C)[C@]1(O)[C@H]2C. The molecule has 63 heavy (non-hydrogen) atoms. The Bertz CT molecular complexity index is 1660. The zero-order valence-corrected chi connectivity index (χ0v) is 37.3. The third kappa shape index (κ3) is 7.36. The maximum absolute atomic E-state index is 12.8. The number of hydrogen-bond donors (Lipinski definition) is 10. The Balaban J connectivity index is 0.948. The van der Waals surface area contributed by atoms with Gasteiger partial charge in [-0.25, -0.2) is 0 Å². The molecular weight excluding hydrogens is 824 g/mol. The minimum atomic E-state index is -1.83. The molecule has 4 saturated heterocycles. The Kier molecular flexibility index (Phi) is 12.9. The molecule has 0 radical (unpaired) electrons. The zero-order chi connectivity index (χ0) is 45.1. The van der Waals surface area contributed by atoms with Crippen LogP contribution in [0.25, 0.3) is 0 Å². The van der Waals surface area contributed by atoms with Gasteiger partial charge in [0.15, 0.2) is 18.4 Å². The van der Waals surface area contributed by atoms with Gasteiger partial charge in [-0.2, -0.15) is 0 Å². The van der Waals surface area contributed by atoms with Gasteiger partial charge in [0.2, 0.25) is 0 Å². The fraction of sp³-hybridized carbons (Fsp3) is 0.957. The van der Waals surface area contributed by atoms with Crippen LogP contribution in [0.15, 0.2) is 11.6 Å². The van der Waals surface area contributed by atoms with Crippen LogP contribution in [0.2, 0.25) is 0 Å². The average molecular weight is 899 g/mol. The van der Waals surface area contributed by atoms with Crippen molar-refractivity contribution < 1.29 is 84.2 Å². The number of aliphatic hydroxyl groups excluding tert-OH is 9. The molecule has 4 aliphatic heterocycles. The number of ether oxygens (including phenoxy) is 7. The number of hydrogen-bond acceptors (Lipinski definition) is 17. The van der Waals surface area contributed by atoms with Gasteiger partial charge in [0.25, 0.3) is 0 Å². The molecule has 0 aromatic heterocycles. The molecule has 5 aliphatic carbocycles. The molecule has 1 spiro atoms. The van der Waals surface area contributed by atoms with Gasteiger partial charge in [-0.1, -0.05) is 46.3 Å². The molecule has 4 saturated carbocycles. The molecule has 9 rings (SSSR count). The molecule has 1 unspecified atom stereocenters. The molecule has 360 valence electrons. The summed E-state index contributed by atoms with van der Waals surface area (Å²) in [5.74, 6) is 0.144. The van der Waals surface area contributed by atoms with Crippen molar-refractivity contribution in [2.75, 3.05) is 19.8 Å². The highest BCUT2D eigenvalue weighted by molar-refractivity contribution is 5.29. The quantitative estimate of drug-likeness (QED) is 0.144. The van der Waals surface area contributed by atoms with Gasteiger partial charge in [-0.15, -0.1) is 0 Å². The Hall–Kier alpha value is -0.940. The van der Waals surface area contributed by atoms with E-state index in [2.05, 4.69) is 33.8 Å². The monoisotopic (exact) mass is 898 g/mol. The standard InChI is InChI=1S/C46H74O17/c1-20-8-13-45(57-19-20)22(3)46(56)31(63-45)16-27-25-7-6-23-15-24(9-11-43(23,4)26(25)10-12-44(27,46)5)58-42-40(59-28-14-21(2)32(49)36(53)33(28)50)39(35(52)30(18-48)61-42)62-41-38(55)37(54)34(51)29(17-47)60-41/h6,20-22,24-42,47-56H,7-19H2,1-5H3/t20-,21+,22-,24+,25-,26+,27?,28+,29-,30-,31+,32-,33-,34-,35-,36+,37+,38-,39+,40-,41+,42-,43+,44+,45-,46-/m0/s1. The minimum absolute atomic E-state index is 0.100. The molecule has 0 aromatic carbocycles.